The van der Waals surface area contributed by atoms with Crippen LogP contribution in [0.4, 0.5) is 15.9 Å². The molecule has 6 rings (SSSR count). The third-order valence-corrected chi connectivity index (χ3v) is 8.05. The monoisotopic (exact) mass is 547 g/mol. The minimum Gasteiger partial charge on any atom is -0.421 e. The van der Waals surface area contributed by atoms with Gasteiger partial charge in [-0.05, 0) is 43.2 Å². The Bertz CT molecular complexity index is 1630. The van der Waals surface area contributed by atoms with Crippen molar-refractivity contribution in [3.63, 3.8) is 0 Å². The number of nitrogens with one attached hydrogen (secondary N) is 1. The summed E-state index contributed by atoms with van der Waals surface area (Å²) in [4.78, 5) is 49.1. The molecule has 0 unspecified atom stereocenters. The molecule has 5 N–H and O–H groups in total. The molecule has 1 amide bonds. The number of benzene rings is 1. The van der Waals surface area contributed by atoms with Crippen LogP contribution in [0, 0.1) is 24.1 Å². The first-order valence-electron chi connectivity index (χ1n) is 13.1. The van der Waals surface area contributed by atoms with E-state index in [0.29, 0.717) is 64.5 Å². The summed E-state index contributed by atoms with van der Waals surface area (Å²) in [7, 11) is 1.55. The van der Waals surface area contributed by atoms with Crippen LogP contribution in [0.15, 0.2) is 24.5 Å². The van der Waals surface area contributed by atoms with Crippen molar-refractivity contribution >= 4 is 45.1 Å². The molecule has 12 nitrogen and oxygen atoms in total. The van der Waals surface area contributed by atoms with Crippen molar-refractivity contribution < 1.29 is 18.7 Å². The van der Waals surface area contributed by atoms with Crippen LogP contribution in [0.3, 0.4) is 0 Å². The van der Waals surface area contributed by atoms with Crippen LogP contribution in [-0.2, 0) is 9.59 Å². The minimum absolute atomic E-state index is 0.0144. The van der Waals surface area contributed by atoms with Crippen molar-refractivity contribution in [2.75, 3.05) is 43.0 Å². The lowest BCUT2D eigenvalue weighted by atomic mass is 9.88. The van der Waals surface area contributed by atoms with Gasteiger partial charge in [0, 0.05) is 31.9 Å². The number of likely N-dealkylation sites (N-methyl/N-ethyl adjacent to an activating group) is 1. The molecule has 1 saturated carbocycles. The lowest BCUT2D eigenvalue weighted by Gasteiger charge is -2.20. The number of aromatic amines is 1. The van der Waals surface area contributed by atoms with Crippen molar-refractivity contribution in [1.82, 2.24) is 24.9 Å². The van der Waals surface area contributed by atoms with Gasteiger partial charge in [-0.1, -0.05) is 0 Å². The fourth-order valence-corrected chi connectivity index (χ4v) is 5.72. The van der Waals surface area contributed by atoms with Gasteiger partial charge in [-0.25, -0.2) is 14.4 Å². The third-order valence-electron chi connectivity index (χ3n) is 8.05. The first kappa shape index (κ1) is 26.0. The highest BCUT2D eigenvalue weighted by atomic mass is 19.1. The van der Waals surface area contributed by atoms with Gasteiger partial charge in [0.05, 0.1) is 42.1 Å². The molecule has 4 heterocycles. The fourth-order valence-electron chi connectivity index (χ4n) is 5.72. The Balaban J connectivity index is 1.51. The molecule has 1 aliphatic carbocycles. The zero-order valence-electron chi connectivity index (χ0n) is 22.3. The van der Waals surface area contributed by atoms with E-state index in [-0.39, 0.29) is 42.1 Å². The number of ketones is 1. The molecule has 40 heavy (non-hydrogen) atoms. The van der Waals surface area contributed by atoms with Crippen molar-refractivity contribution in [2.45, 2.75) is 26.2 Å². The maximum atomic E-state index is 15.0. The number of nitrogens with zero attached hydrogens (tertiary/aromatic N) is 6. The second-order valence-corrected chi connectivity index (χ2v) is 10.6. The summed E-state index contributed by atoms with van der Waals surface area (Å²) in [6, 6.07) is 2.74. The van der Waals surface area contributed by atoms with E-state index in [1.54, 1.807) is 14.0 Å². The van der Waals surface area contributed by atoms with Crippen molar-refractivity contribution in [3.8, 4) is 11.8 Å². The molecule has 208 valence electrons. The Morgan fingerprint density at radius 2 is 1.95 bits per heavy atom. The summed E-state index contributed by atoms with van der Waals surface area (Å²) in [5.41, 5.74) is 12.5. The van der Waals surface area contributed by atoms with Crippen LogP contribution in [0.5, 0.6) is 11.8 Å². The van der Waals surface area contributed by atoms with E-state index in [1.807, 2.05) is 0 Å². The molecule has 2 fully saturated rings. The number of Topliss-reactive ketones (excluding diaryl/α,β-unsaturated/α-hetero) is 1. The molecule has 1 aromatic carbocycles. The zero-order chi connectivity index (χ0) is 28.2. The van der Waals surface area contributed by atoms with E-state index in [1.165, 1.54) is 29.4 Å². The van der Waals surface area contributed by atoms with Crippen molar-refractivity contribution in [3.05, 3.63) is 36.2 Å². The van der Waals surface area contributed by atoms with Crippen LogP contribution in [0.1, 0.15) is 25.1 Å². The Hall–Kier alpha value is -4.23. The van der Waals surface area contributed by atoms with Gasteiger partial charge in [0.2, 0.25) is 5.91 Å². The van der Waals surface area contributed by atoms with E-state index < -0.39 is 5.82 Å². The molecule has 1 saturated heterocycles. The van der Waals surface area contributed by atoms with Crippen LogP contribution in [-0.4, -0.2) is 69.8 Å². The number of ether oxygens (including phenoxy) is 1. The van der Waals surface area contributed by atoms with E-state index in [4.69, 9.17) is 21.2 Å². The Morgan fingerprint density at radius 1 is 1.20 bits per heavy atom. The summed E-state index contributed by atoms with van der Waals surface area (Å²) < 4.78 is 20.9. The second kappa shape index (κ2) is 9.75. The van der Waals surface area contributed by atoms with E-state index in [9.17, 15) is 14.0 Å². The average molecular weight is 548 g/mol. The zero-order valence-corrected chi connectivity index (χ0v) is 22.3. The normalized spacial score (nSPS) is 17.6. The largest absolute Gasteiger partial charge is 0.421 e. The molecule has 0 bridgehead atoms. The van der Waals surface area contributed by atoms with Crippen LogP contribution in [0.2, 0.25) is 0 Å². The van der Waals surface area contributed by atoms with Gasteiger partial charge < -0.3 is 31.0 Å². The smallest absolute Gasteiger partial charge is 0.326 e. The topological polar surface area (TPSA) is 169 Å². The molecular weight excluding hydrogens is 517 g/mol. The molecule has 4 aromatic rings. The molecule has 3 aromatic heterocycles. The number of anilines is 2. The summed E-state index contributed by atoms with van der Waals surface area (Å²) in [6.45, 7) is 2.83. The minimum atomic E-state index is -0.519. The number of aryl methyl sites for hydroxylation is 1. The number of hydrogen-bond donors (Lipinski definition) is 3. The number of amides is 1. The number of fused-ring (bicyclic) bond motifs is 3. The van der Waals surface area contributed by atoms with Gasteiger partial charge >= 0.3 is 6.01 Å². The lowest BCUT2D eigenvalue weighted by molar-refractivity contribution is -0.119. The highest BCUT2D eigenvalue weighted by Crippen LogP contribution is 2.58. The van der Waals surface area contributed by atoms with Gasteiger partial charge in [-0.15, -0.1) is 0 Å². The van der Waals surface area contributed by atoms with Crippen LogP contribution in [0.25, 0.3) is 21.9 Å². The molecule has 13 heteroatoms. The maximum absolute atomic E-state index is 15.0. The molecule has 2 aliphatic rings. The average Bonchev–Trinajstić information content (AvgIpc) is 3.51. The van der Waals surface area contributed by atoms with E-state index >= 15 is 0 Å². The van der Waals surface area contributed by atoms with Gasteiger partial charge in [0.15, 0.2) is 5.75 Å². The SMILES string of the molecule is Cc1ncc(Oc2nc(N3C[C@H](CC(=O)CN)C4(CC4)C3)c3c(n2)[nH]c2c(N(C)C(=O)CN)cc(F)cc23)cn1. The molecule has 0 radical (unpaired) electrons. The first-order valence-corrected chi connectivity index (χ1v) is 13.1. The number of H-pyrrole nitrogens is 1. The highest BCUT2D eigenvalue weighted by molar-refractivity contribution is 6.16. The summed E-state index contributed by atoms with van der Waals surface area (Å²) in [5.74, 6) is 0.777. The highest BCUT2D eigenvalue weighted by Gasteiger charge is 2.55. The number of carbonyl (C=O) groups is 2. The van der Waals surface area contributed by atoms with Crippen LogP contribution < -0.4 is 26.0 Å². The van der Waals surface area contributed by atoms with Gasteiger partial charge in [0.25, 0.3) is 0 Å². The fraction of sp³-hybridized carbons (Fsp3) is 0.407. The second-order valence-electron chi connectivity index (χ2n) is 10.6. The number of nitrogens with two attached hydrogens (primary N) is 2. The molecule has 1 aliphatic heterocycles. The quantitative estimate of drug-likeness (QED) is 0.297. The summed E-state index contributed by atoms with van der Waals surface area (Å²) in [6.07, 6.45) is 5.51. The van der Waals surface area contributed by atoms with Crippen LogP contribution >= 0.6 is 0 Å². The predicted octanol–water partition coefficient (Wildman–Crippen LogP) is 2.20. The molecule has 1 atom stereocenters. The number of aromatic nitrogens is 5. The summed E-state index contributed by atoms with van der Waals surface area (Å²) in [5, 5.41) is 1.12. The van der Waals surface area contributed by atoms with Gasteiger partial charge in [-0.2, -0.15) is 9.97 Å². The third kappa shape index (κ3) is 4.50. The Labute approximate surface area is 228 Å². The predicted molar refractivity (Wildman–Crippen MR) is 147 cm³/mol. The number of hydrogen-bond acceptors (Lipinski definition) is 10. The van der Waals surface area contributed by atoms with Gasteiger partial charge in [0.1, 0.15) is 28.9 Å². The standard InChI is InChI=1S/C27H30FN9O3/c1-14-31-10-18(11-32-14)40-26-34-24-22(19-6-16(28)7-20(23(19)33-24)36(2)21(39)9-30)25(35-26)37-12-15(5-17(38)8-29)27(13-37)3-4-27/h6-7,10-11,15H,3-5,8-9,12-13,29-30H2,1-2H3,(H,33,34,35)/t15-/m0/s1. The number of rotatable bonds is 8. The maximum Gasteiger partial charge on any atom is 0.326 e. The van der Waals surface area contributed by atoms with Crippen molar-refractivity contribution in [2.24, 2.45) is 22.8 Å². The molecule has 1 spiro atoms. The Kier molecular flexibility index (Phi) is 6.34. The Morgan fingerprint density at radius 3 is 2.62 bits per heavy atom. The first-order chi connectivity index (χ1) is 19.2. The lowest BCUT2D eigenvalue weighted by Crippen LogP contribution is -2.32. The molecular formula is C27H30FN9O3. The number of halogens is 1. The van der Waals surface area contributed by atoms with E-state index in [0.717, 1.165) is 12.8 Å². The summed E-state index contributed by atoms with van der Waals surface area (Å²) >= 11 is 0. The van der Waals surface area contributed by atoms with E-state index in [2.05, 4.69) is 24.8 Å². The number of carbonyl (C=O) groups excluding carboxylic acids is 2. The van der Waals surface area contributed by atoms with Crippen molar-refractivity contribution in [1.29, 1.82) is 0 Å². The van der Waals surface area contributed by atoms with Gasteiger partial charge in [-0.3, -0.25) is 9.59 Å².